The second kappa shape index (κ2) is 5.32. The van der Waals surface area contributed by atoms with E-state index in [2.05, 4.69) is 12.2 Å². The fourth-order valence-electron chi connectivity index (χ4n) is 2.32. The topological polar surface area (TPSA) is 66.4 Å². The van der Waals surface area contributed by atoms with Gasteiger partial charge in [0.25, 0.3) is 0 Å². The van der Waals surface area contributed by atoms with Crippen molar-refractivity contribution in [2.45, 2.75) is 46.0 Å². The third kappa shape index (κ3) is 2.97. The van der Waals surface area contributed by atoms with Gasteiger partial charge in [-0.3, -0.25) is 9.59 Å². The summed E-state index contributed by atoms with van der Waals surface area (Å²) in [5.74, 6) is -2.38. The van der Waals surface area contributed by atoms with Gasteiger partial charge < -0.3 is 10.4 Å². The minimum Gasteiger partial charge on any atom is -0.481 e. The third-order valence-electron chi connectivity index (χ3n) is 3.82. The zero-order chi connectivity index (χ0) is 12.2. The molecule has 1 saturated carbocycles. The van der Waals surface area contributed by atoms with Crippen LogP contribution in [0.1, 0.15) is 46.0 Å². The molecule has 92 valence electrons. The van der Waals surface area contributed by atoms with Gasteiger partial charge in [0.05, 0.1) is 0 Å². The molecule has 1 aliphatic carbocycles. The maximum Gasteiger partial charge on any atom is 0.315 e. The molecule has 2 N–H and O–H groups in total. The summed E-state index contributed by atoms with van der Waals surface area (Å²) in [6, 6.07) is 0. The molecular formula is C12H21NO3. The van der Waals surface area contributed by atoms with E-state index in [9.17, 15) is 9.59 Å². The lowest BCUT2D eigenvalue weighted by Crippen LogP contribution is -2.40. The van der Waals surface area contributed by atoms with E-state index < -0.39 is 11.9 Å². The lowest BCUT2D eigenvalue weighted by Gasteiger charge is -2.28. The van der Waals surface area contributed by atoms with Crippen molar-refractivity contribution in [3.05, 3.63) is 0 Å². The number of nitrogens with one attached hydrogen (secondary N) is 1. The summed E-state index contributed by atoms with van der Waals surface area (Å²) in [4.78, 5) is 22.1. The number of hydrogen-bond acceptors (Lipinski definition) is 2. The summed E-state index contributed by atoms with van der Waals surface area (Å²) < 4.78 is 0. The molecule has 0 heterocycles. The normalized spacial score (nSPS) is 20.4. The summed E-state index contributed by atoms with van der Waals surface area (Å²) in [5.41, 5.74) is 0.216. The molecule has 1 rings (SSSR count). The lowest BCUT2D eigenvalue weighted by atomic mass is 9.83. The Kier molecular flexibility index (Phi) is 4.33. The number of carboxylic acids is 1. The van der Waals surface area contributed by atoms with Crippen LogP contribution in [0.25, 0.3) is 0 Å². The van der Waals surface area contributed by atoms with Crippen LogP contribution < -0.4 is 5.32 Å². The highest BCUT2D eigenvalue weighted by atomic mass is 16.4. The van der Waals surface area contributed by atoms with Gasteiger partial charge in [-0.2, -0.15) is 0 Å². The molecule has 1 aliphatic rings. The summed E-state index contributed by atoms with van der Waals surface area (Å²) in [5, 5.41) is 11.5. The van der Waals surface area contributed by atoms with Gasteiger partial charge in [-0.1, -0.05) is 19.8 Å². The second-order valence-corrected chi connectivity index (χ2v) is 4.84. The first kappa shape index (κ1) is 13.0. The highest BCUT2D eigenvalue weighted by molar-refractivity contribution is 5.96. The number of carbonyl (C=O) groups excluding carboxylic acids is 1. The molecule has 0 aliphatic heterocycles. The van der Waals surface area contributed by atoms with Crippen LogP contribution in [0.2, 0.25) is 0 Å². The maximum atomic E-state index is 11.5. The average Bonchev–Trinajstić information content (AvgIpc) is 2.74. The highest BCUT2D eigenvalue weighted by Gasteiger charge is 2.33. The molecule has 16 heavy (non-hydrogen) atoms. The minimum absolute atomic E-state index is 0.216. The molecule has 1 amide bonds. The monoisotopic (exact) mass is 227 g/mol. The first-order valence-corrected chi connectivity index (χ1v) is 6.01. The summed E-state index contributed by atoms with van der Waals surface area (Å²) >= 11 is 0. The van der Waals surface area contributed by atoms with Crippen LogP contribution in [-0.2, 0) is 9.59 Å². The average molecular weight is 227 g/mol. The Hall–Kier alpha value is -1.06. The molecule has 0 aromatic rings. The van der Waals surface area contributed by atoms with Crippen LogP contribution in [0, 0.1) is 11.3 Å². The molecule has 0 saturated heterocycles. The van der Waals surface area contributed by atoms with Gasteiger partial charge in [0.15, 0.2) is 0 Å². The minimum atomic E-state index is -1.06. The van der Waals surface area contributed by atoms with Gasteiger partial charge in [0.1, 0.15) is 5.92 Å². The van der Waals surface area contributed by atoms with Gasteiger partial charge >= 0.3 is 5.97 Å². The number of rotatable bonds is 5. The van der Waals surface area contributed by atoms with E-state index in [1.807, 2.05) is 0 Å². The molecule has 0 spiro atoms. The SMILES string of the molecule is CCC1(CNC(=O)C(C)C(=O)O)CCCC1. The molecule has 1 unspecified atom stereocenters. The Morgan fingerprint density at radius 2 is 1.94 bits per heavy atom. The Bertz CT molecular complexity index is 269. The molecule has 4 nitrogen and oxygen atoms in total. The highest BCUT2D eigenvalue weighted by Crippen LogP contribution is 2.40. The van der Waals surface area contributed by atoms with Crippen molar-refractivity contribution in [1.29, 1.82) is 0 Å². The van der Waals surface area contributed by atoms with Crippen LogP contribution in [0.4, 0.5) is 0 Å². The zero-order valence-electron chi connectivity index (χ0n) is 10.1. The van der Waals surface area contributed by atoms with Crippen molar-refractivity contribution in [3.8, 4) is 0 Å². The smallest absolute Gasteiger partial charge is 0.315 e. The van der Waals surface area contributed by atoms with Gasteiger partial charge in [-0.15, -0.1) is 0 Å². The first-order chi connectivity index (χ1) is 7.51. The molecule has 0 aromatic carbocycles. The second-order valence-electron chi connectivity index (χ2n) is 4.84. The van der Waals surface area contributed by atoms with Crippen molar-refractivity contribution >= 4 is 11.9 Å². The summed E-state index contributed by atoms with van der Waals surface area (Å²) in [6.07, 6.45) is 5.78. The maximum absolute atomic E-state index is 11.5. The van der Waals surface area contributed by atoms with E-state index in [1.54, 1.807) is 0 Å². The van der Waals surface area contributed by atoms with E-state index >= 15 is 0 Å². The van der Waals surface area contributed by atoms with Crippen LogP contribution in [-0.4, -0.2) is 23.5 Å². The number of hydrogen-bond donors (Lipinski definition) is 2. The van der Waals surface area contributed by atoms with Crippen molar-refractivity contribution in [2.24, 2.45) is 11.3 Å². The van der Waals surface area contributed by atoms with Gasteiger partial charge in [-0.05, 0) is 31.6 Å². The van der Waals surface area contributed by atoms with Gasteiger partial charge in [0, 0.05) is 6.54 Å². The van der Waals surface area contributed by atoms with Crippen molar-refractivity contribution in [3.63, 3.8) is 0 Å². The van der Waals surface area contributed by atoms with Crippen LogP contribution in [0.5, 0.6) is 0 Å². The molecule has 1 fully saturated rings. The first-order valence-electron chi connectivity index (χ1n) is 6.01. The quantitative estimate of drug-likeness (QED) is 0.704. The standard InChI is InChI=1S/C12H21NO3/c1-3-12(6-4-5-7-12)8-13-10(14)9(2)11(15)16/h9H,3-8H2,1-2H3,(H,13,14)(H,15,16). The fourth-order valence-corrected chi connectivity index (χ4v) is 2.32. The molecule has 0 aromatic heterocycles. The van der Waals surface area contributed by atoms with E-state index in [1.165, 1.54) is 19.8 Å². The summed E-state index contributed by atoms with van der Waals surface area (Å²) in [6.45, 7) is 4.18. The summed E-state index contributed by atoms with van der Waals surface area (Å²) in [7, 11) is 0. The Labute approximate surface area is 96.4 Å². The lowest BCUT2D eigenvalue weighted by molar-refractivity contribution is -0.146. The molecule has 0 radical (unpaired) electrons. The number of aliphatic carboxylic acids is 1. The third-order valence-corrected chi connectivity index (χ3v) is 3.82. The van der Waals surface area contributed by atoms with E-state index in [0.717, 1.165) is 19.3 Å². The van der Waals surface area contributed by atoms with Crippen molar-refractivity contribution in [2.75, 3.05) is 6.54 Å². The van der Waals surface area contributed by atoms with Crippen molar-refractivity contribution < 1.29 is 14.7 Å². The van der Waals surface area contributed by atoms with Gasteiger partial charge in [0.2, 0.25) is 5.91 Å². The zero-order valence-corrected chi connectivity index (χ0v) is 10.1. The van der Waals surface area contributed by atoms with Crippen LogP contribution in [0.3, 0.4) is 0 Å². The molecule has 4 heteroatoms. The molecule has 1 atom stereocenters. The number of amides is 1. The predicted octanol–water partition coefficient (Wildman–Crippen LogP) is 1.79. The Balaban J connectivity index is 2.44. The Morgan fingerprint density at radius 1 is 1.38 bits per heavy atom. The fraction of sp³-hybridized carbons (Fsp3) is 0.833. The van der Waals surface area contributed by atoms with Gasteiger partial charge in [-0.25, -0.2) is 0 Å². The van der Waals surface area contributed by atoms with Crippen LogP contribution in [0.15, 0.2) is 0 Å². The van der Waals surface area contributed by atoms with Crippen LogP contribution >= 0.6 is 0 Å². The van der Waals surface area contributed by atoms with Crippen molar-refractivity contribution in [1.82, 2.24) is 5.32 Å². The Morgan fingerprint density at radius 3 is 2.38 bits per heavy atom. The number of carbonyl (C=O) groups is 2. The van der Waals surface area contributed by atoms with E-state index in [4.69, 9.17) is 5.11 Å². The number of carboxylic acid groups (broad SMARTS) is 1. The predicted molar refractivity (Wildman–Crippen MR) is 61.0 cm³/mol. The molecule has 0 bridgehead atoms. The largest absolute Gasteiger partial charge is 0.481 e. The van der Waals surface area contributed by atoms with E-state index in [-0.39, 0.29) is 11.3 Å². The molecular weight excluding hydrogens is 206 g/mol. The van der Waals surface area contributed by atoms with E-state index in [0.29, 0.717) is 6.54 Å².